The largest absolute Gasteiger partial charge is 0.413 e. The molecule has 0 fully saturated rings. The highest BCUT2D eigenvalue weighted by Gasteiger charge is 2.42. The quantitative estimate of drug-likeness (QED) is 0.558. The van der Waals surface area contributed by atoms with Crippen molar-refractivity contribution in [2.45, 2.75) is 71.9 Å². The molecule has 0 aliphatic heterocycles. The zero-order valence-electron chi connectivity index (χ0n) is 14.5. The van der Waals surface area contributed by atoms with Gasteiger partial charge in [-0.1, -0.05) is 46.8 Å². The second-order valence-electron chi connectivity index (χ2n) is 7.38. The first-order valence-corrected chi connectivity index (χ1v) is 10.5. The summed E-state index contributed by atoms with van der Waals surface area (Å²) in [6.07, 6.45) is 2.97. The van der Waals surface area contributed by atoms with E-state index in [0.717, 1.165) is 0 Å². The van der Waals surface area contributed by atoms with E-state index in [4.69, 9.17) is 4.43 Å². The molecule has 0 unspecified atom stereocenters. The van der Waals surface area contributed by atoms with Gasteiger partial charge in [-0.15, -0.1) is 0 Å². The molecule has 4 heteroatoms. The molecule has 0 aromatic heterocycles. The van der Waals surface area contributed by atoms with Crippen LogP contribution in [0.3, 0.4) is 0 Å². The summed E-state index contributed by atoms with van der Waals surface area (Å²) >= 11 is 0. The summed E-state index contributed by atoms with van der Waals surface area (Å²) in [4.78, 5) is 0. The van der Waals surface area contributed by atoms with Crippen molar-refractivity contribution < 1.29 is 14.6 Å². The van der Waals surface area contributed by atoms with Crippen molar-refractivity contribution in [3.05, 3.63) is 12.2 Å². The molecule has 2 N–H and O–H groups in total. The van der Waals surface area contributed by atoms with Gasteiger partial charge in [0, 0.05) is 18.4 Å². The number of aliphatic hydroxyl groups excluding tert-OH is 2. The summed E-state index contributed by atoms with van der Waals surface area (Å²) in [6, 6.07) is 0. The first kappa shape index (κ1) is 19.8. The maximum Gasteiger partial charge on any atom is 0.192 e. The van der Waals surface area contributed by atoms with E-state index in [2.05, 4.69) is 33.9 Å². The molecule has 120 valence electrons. The Morgan fingerprint density at radius 1 is 1.20 bits per heavy atom. The lowest BCUT2D eigenvalue weighted by molar-refractivity contribution is 0.00378. The van der Waals surface area contributed by atoms with Crippen LogP contribution in [0.5, 0.6) is 0 Å². The molecule has 0 aromatic carbocycles. The minimum atomic E-state index is -1.92. The number of hydrogen-bond donors (Lipinski definition) is 2. The summed E-state index contributed by atoms with van der Waals surface area (Å²) in [7, 11) is -1.92. The van der Waals surface area contributed by atoms with E-state index in [-0.39, 0.29) is 29.6 Å². The molecular weight excluding hydrogens is 268 g/mol. The van der Waals surface area contributed by atoms with Gasteiger partial charge in [0.25, 0.3) is 0 Å². The first-order chi connectivity index (χ1) is 8.97. The van der Waals surface area contributed by atoms with Crippen LogP contribution in [0.1, 0.15) is 41.5 Å². The molecule has 0 amide bonds. The van der Waals surface area contributed by atoms with E-state index < -0.39 is 14.4 Å². The molecule has 20 heavy (non-hydrogen) atoms. The molecule has 0 rings (SSSR count). The highest BCUT2D eigenvalue weighted by Crippen LogP contribution is 2.39. The van der Waals surface area contributed by atoms with Gasteiger partial charge in [-0.3, -0.25) is 0 Å². The zero-order chi connectivity index (χ0) is 16.1. The lowest BCUT2D eigenvalue weighted by Crippen LogP contribution is -2.49. The Hall–Kier alpha value is -0.163. The molecule has 0 saturated heterocycles. The van der Waals surface area contributed by atoms with Gasteiger partial charge in [-0.25, -0.2) is 0 Å². The van der Waals surface area contributed by atoms with E-state index in [1.54, 1.807) is 6.08 Å². The van der Waals surface area contributed by atoms with E-state index >= 15 is 0 Å². The number of allylic oxidation sites excluding steroid dienone is 1. The van der Waals surface area contributed by atoms with Gasteiger partial charge in [-0.05, 0) is 25.1 Å². The van der Waals surface area contributed by atoms with Crippen molar-refractivity contribution >= 4 is 8.32 Å². The number of hydrogen-bond acceptors (Lipinski definition) is 3. The smallest absolute Gasteiger partial charge is 0.192 e. The molecule has 3 nitrogen and oxygen atoms in total. The monoisotopic (exact) mass is 302 g/mol. The third-order valence-corrected chi connectivity index (χ3v) is 9.01. The van der Waals surface area contributed by atoms with Gasteiger partial charge in [0.2, 0.25) is 0 Å². The Kier molecular flexibility index (Phi) is 7.67. The van der Waals surface area contributed by atoms with Crippen molar-refractivity contribution in [2.24, 2.45) is 11.8 Å². The summed E-state index contributed by atoms with van der Waals surface area (Å²) in [6.45, 7) is 17.0. The molecule has 0 bridgehead atoms. The van der Waals surface area contributed by atoms with Crippen molar-refractivity contribution in [2.75, 3.05) is 6.61 Å². The molecular formula is C16H34O3Si. The Morgan fingerprint density at radius 2 is 1.70 bits per heavy atom. The Labute approximate surface area is 126 Å². The van der Waals surface area contributed by atoms with Crippen LogP contribution in [0.15, 0.2) is 12.2 Å². The summed E-state index contributed by atoms with van der Waals surface area (Å²) < 4.78 is 6.47. The fourth-order valence-corrected chi connectivity index (χ4v) is 3.41. The minimum absolute atomic E-state index is 0.0130. The third kappa shape index (κ3) is 5.32. The molecule has 0 heterocycles. The van der Waals surface area contributed by atoms with Crippen molar-refractivity contribution in [1.29, 1.82) is 0 Å². The van der Waals surface area contributed by atoms with E-state index in [9.17, 15) is 10.2 Å². The summed E-state index contributed by atoms with van der Waals surface area (Å²) in [5.74, 6) is -0.0264. The highest BCUT2D eigenvalue weighted by molar-refractivity contribution is 6.74. The van der Waals surface area contributed by atoms with Crippen LogP contribution in [-0.2, 0) is 4.43 Å². The van der Waals surface area contributed by atoms with Gasteiger partial charge in [-0.2, -0.15) is 0 Å². The Balaban J connectivity index is 5.18. The summed E-state index contributed by atoms with van der Waals surface area (Å²) in [5, 5.41) is 19.8. The normalized spacial score (nSPS) is 19.9. The average molecular weight is 303 g/mol. The zero-order valence-corrected chi connectivity index (χ0v) is 15.5. The van der Waals surface area contributed by atoms with Gasteiger partial charge < -0.3 is 14.6 Å². The first-order valence-electron chi connectivity index (χ1n) is 7.57. The Morgan fingerprint density at radius 3 is 2.05 bits per heavy atom. The van der Waals surface area contributed by atoms with E-state index in [1.807, 2.05) is 26.8 Å². The lowest BCUT2D eigenvalue weighted by atomic mass is 9.89. The standard InChI is InChI=1S/C16H34O3Si/c1-9-10-14(18)13(3)15(12(2)11-17)19-20(7,8)16(4,5)6/h9-10,12-15,17-18H,11H2,1-8H3/b10-9+/t12-,13-,14+,15-/m0/s1. The maximum absolute atomic E-state index is 10.2. The lowest BCUT2D eigenvalue weighted by Gasteiger charge is -2.43. The molecule has 0 aromatic rings. The van der Waals surface area contributed by atoms with Crippen molar-refractivity contribution in [3.8, 4) is 0 Å². The maximum atomic E-state index is 10.2. The highest BCUT2D eigenvalue weighted by atomic mass is 28.4. The van der Waals surface area contributed by atoms with Crippen LogP contribution < -0.4 is 0 Å². The van der Waals surface area contributed by atoms with Crippen LogP contribution in [0.25, 0.3) is 0 Å². The van der Waals surface area contributed by atoms with Gasteiger partial charge in [0.15, 0.2) is 8.32 Å². The fraction of sp³-hybridized carbons (Fsp3) is 0.875. The SMILES string of the molecule is C/C=C/[C@@H](O)[C@H](C)[C@@H](O[Si](C)(C)C(C)(C)C)[C@@H](C)CO. The molecule has 4 atom stereocenters. The van der Waals surface area contributed by atoms with Crippen LogP contribution in [0, 0.1) is 11.8 Å². The van der Waals surface area contributed by atoms with Crippen LogP contribution in [0.4, 0.5) is 0 Å². The van der Waals surface area contributed by atoms with Crippen molar-refractivity contribution in [3.63, 3.8) is 0 Å². The number of rotatable bonds is 7. The van der Waals surface area contributed by atoms with E-state index in [1.165, 1.54) is 0 Å². The van der Waals surface area contributed by atoms with Gasteiger partial charge >= 0.3 is 0 Å². The molecule has 0 aliphatic carbocycles. The molecule has 0 spiro atoms. The van der Waals surface area contributed by atoms with Crippen molar-refractivity contribution in [1.82, 2.24) is 0 Å². The molecule has 0 radical (unpaired) electrons. The Bertz CT molecular complexity index is 307. The predicted octanol–water partition coefficient (Wildman–Crippen LogP) is 3.58. The van der Waals surface area contributed by atoms with Crippen LogP contribution >= 0.6 is 0 Å². The topological polar surface area (TPSA) is 49.7 Å². The van der Waals surface area contributed by atoms with Crippen LogP contribution in [-0.4, -0.2) is 37.3 Å². The van der Waals surface area contributed by atoms with Crippen LogP contribution in [0.2, 0.25) is 18.1 Å². The fourth-order valence-electron chi connectivity index (χ4n) is 1.93. The predicted molar refractivity (Wildman–Crippen MR) is 88.3 cm³/mol. The van der Waals surface area contributed by atoms with E-state index in [0.29, 0.717) is 0 Å². The third-order valence-electron chi connectivity index (χ3n) is 4.53. The molecule has 0 saturated carbocycles. The van der Waals surface area contributed by atoms with Gasteiger partial charge in [0.05, 0.1) is 12.2 Å². The second kappa shape index (κ2) is 7.73. The minimum Gasteiger partial charge on any atom is -0.413 e. The summed E-state index contributed by atoms with van der Waals surface area (Å²) in [5.41, 5.74) is 0. The molecule has 0 aliphatic rings. The van der Waals surface area contributed by atoms with Gasteiger partial charge in [0.1, 0.15) is 0 Å². The second-order valence-corrected chi connectivity index (χ2v) is 12.1. The number of aliphatic hydroxyl groups is 2. The average Bonchev–Trinajstić information content (AvgIpc) is 2.33.